The normalized spacial score (nSPS) is 20.6. The quantitative estimate of drug-likeness (QED) is 0.645. The summed E-state index contributed by atoms with van der Waals surface area (Å²) in [6, 6.07) is 6.89. The summed E-state index contributed by atoms with van der Waals surface area (Å²) in [5.41, 5.74) is 7.53. The Labute approximate surface area is 82.0 Å². The molecule has 1 aliphatic rings. The first-order valence-electron chi connectivity index (χ1n) is 4.36. The number of amides is 1. The van der Waals surface area contributed by atoms with E-state index in [4.69, 9.17) is 5.73 Å². The van der Waals surface area contributed by atoms with Crippen LogP contribution in [0.3, 0.4) is 0 Å². The van der Waals surface area contributed by atoms with E-state index in [9.17, 15) is 4.79 Å². The first kappa shape index (κ1) is 8.90. The Hall–Kier alpha value is -1.68. The van der Waals surface area contributed by atoms with Gasteiger partial charge in [-0.05, 0) is 11.1 Å². The van der Waals surface area contributed by atoms with Gasteiger partial charge in [0, 0.05) is 7.05 Å². The highest BCUT2D eigenvalue weighted by atomic mass is 16.2. The average molecular weight is 189 g/mol. The lowest BCUT2D eigenvalue weighted by Gasteiger charge is -2.14. The van der Waals surface area contributed by atoms with Gasteiger partial charge in [0.25, 0.3) is 5.91 Å². The van der Waals surface area contributed by atoms with Crippen molar-refractivity contribution in [2.45, 2.75) is 6.04 Å². The van der Waals surface area contributed by atoms with Gasteiger partial charge in [0.1, 0.15) is 6.04 Å². The Balaban J connectivity index is 2.54. The minimum absolute atomic E-state index is 0.189. The molecule has 14 heavy (non-hydrogen) atoms. The number of rotatable bonds is 0. The molecule has 1 heterocycles. The molecule has 0 radical (unpaired) electrons. The van der Waals surface area contributed by atoms with Gasteiger partial charge in [0.05, 0.1) is 6.21 Å². The number of hydrazone groups is 1. The number of fused-ring (bicyclic) bond motifs is 1. The van der Waals surface area contributed by atoms with Crippen molar-refractivity contribution in [3.8, 4) is 0 Å². The van der Waals surface area contributed by atoms with Crippen LogP contribution in [0.1, 0.15) is 17.2 Å². The first-order valence-corrected chi connectivity index (χ1v) is 4.36. The van der Waals surface area contributed by atoms with Crippen LogP contribution in [0.4, 0.5) is 0 Å². The molecule has 2 rings (SSSR count). The molecule has 0 saturated heterocycles. The molecule has 0 bridgehead atoms. The number of carbonyl (C=O) groups excluding carboxylic acids is 1. The number of likely N-dealkylation sites (N-methyl/N-ethyl adjacent to an activating group) is 1. The molecular formula is C10H11N3O. The largest absolute Gasteiger partial charge is 0.316 e. The monoisotopic (exact) mass is 189 g/mol. The van der Waals surface area contributed by atoms with Gasteiger partial charge in [0.2, 0.25) is 0 Å². The Morgan fingerprint density at radius 2 is 2.14 bits per heavy atom. The summed E-state index contributed by atoms with van der Waals surface area (Å²) < 4.78 is 0. The van der Waals surface area contributed by atoms with Crippen molar-refractivity contribution >= 4 is 12.1 Å². The minimum atomic E-state index is -0.612. The highest BCUT2D eigenvalue weighted by Crippen LogP contribution is 2.19. The van der Waals surface area contributed by atoms with Gasteiger partial charge in [-0.1, -0.05) is 24.3 Å². The molecule has 1 aromatic rings. The van der Waals surface area contributed by atoms with Crippen molar-refractivity contribution in [1.82, 2.24) is 5.01 Å². The third-order valence-electron chi connectivity index (χ3n) is 2.29. The lowest BCUT2D eigenvalue weighted by molar-refractivity contribution is -0.131. The van der Waals surface area contributed by atoms with E-state index in [-0.39, 0.29) is 5.91 Å². The summed E-state index contributed by atoms with van der Waals surface area (Å²) >= 11 is 0. The highest BCUT2D eigenvalue weighted by Gasteiger charge is 2.23. The molecule has 2 N–H and O–H groups in total. The number of benzene rings is 1. The molecule has 0 aromatic heterocycles. The van der Waals surface area contributed by atoms with E-state index < -0.39 is 6.04 Å². The Bertz CT molecular complexity index is 400. The predicted octanol–water partition coefficient (Wildman–Crippen LogP) is 0.492. The molecule has 0 fully saturated rings. The summed E-state index contributed by atoms with van der Waals surface area (Å²) in [6.07, 6.45) is 1.65. The smallest absolute Gasteiger partial charge is 0.263 e. The Morgan fingerprint density at radius 1 is 1.43 bits per heavy atom. The Kier molecular flexibility index (Phi) is 2.05. The number of nitrogens with two attached hydrogens (primary N) is 1. The zero-order chi connectivity index (χ0) is 10.1. The van der Waals surface area contributed by atoms with Crippen molar-refractivity contribution in [2.24, 2.45) is 10.8 Å². The van der Waals surface area contributed by atoms with Gasteiger partial charge in [0.15, 0.2) is 0 Å². The average Bonchev–Trinajstić information content (AvgIpc) is 2.32. The third-order valence-corrected chi connectivity index (χ3v) is 2.29. The van der Waals surface area contributed by atoms with E-state index in [1.165, 1.54) is 5.01 Å². The van der Waals surface area contributed by atoms with Crippen LogP contribution in [0.5, 0.6) is 0 Å². The maximum Gasteiger partial charge on any atom is 0.263 e. The molecular weight excluding hydrogens is 178 g/mol. The van der Waals surface area contributed by atoms with Crippen LogP contribution in [0, 0.1) is 0 Å². The van der Waals surface area contributed by atoms with Crippen LogP contribution in [0.2, 0.25) is 0 Å². The fraction of sp³-hybridized carbons (Fsp3) is 0.200. The zero-order valence-electron chi connectivity index (χ0n) is 7.84. The summed E-state index contributed by atoms with van der Waals surface area (Å²) in [4.78, 5) is 11.6. The standard InChI is InChI=1S/C10H11N3O/c1-13-10(14)9(11)8-5-3-2-4-7(8)6-12-13/h2-6,9H,11H2,1H3/t9-/m1/s1. The van der Waals surface area contributed by atoms with E-state index in [2.05, 4.69) is 5.10 Å². The second-order valence-corrected chi connectivity index (χ2v) is 3.21. The maximum atomic E-state index is 11.6. The van der Waals surface area contributed by atoms with Crippen molar-refractivity contribution in [1.29, 1.82) is 0 Å². The molecule has 1 amide bonds. The van der Waals surface area contributed by atoms with Gasteiger partial charge < -0.3 is 5.73 Å². The van der Waals surface area contributed by atoms with Gasteiger partial charge in [-0.25, -0.2) is 5.01 Å². The van der Waals surface area contributed by atoms with Crippen LogP contribution in [-0.2, 0) is 4.79 Å². The van der Waals surface area contributed by atoms with Crippen molar-refractivity contribution < 1.29 is 4.79 Å². The highest BCUT2D eigenvalue weighted by molar-refractivity contribution is 5.92. The van der Waals surface area contributed by atoms with Crippen molar-refractivity contribution in [3.05, 3.63) is 35.4 Å². The molecule has 72 valence electrons. The fourth-order valence-corrected chi connectivity index (χ4v) is 1.45. The summed E-state index contributed by atoms with van der Waals surface area (Å²) in [5, 5.41) is 5.24. The second kappa shape index (κ2) is 3.23. The summed E-state index contributed by atoms with van der Waals surface area (Å²) in [7, 11) is 1.60. The van der Waals surface area contributed by atoms with E-state index in [1.54, 1.807) is 13.3 Å². The van der Waals surface area contributed by atoms with E-state index in [0.717, 1.165) is 11.1 Å². The molecule has 0 saturated carbocycles. The second-order valence-electron chi connectivity index (χ2n) is 3.21. The topological polar surface area (TPSA) is 58.7 Å². The minimum Gasteiger partial charge on any atom is -0.316 e. The van der Waals surface area contributed by atoms with Crippen LogP contribution in [0.15, 0.2) is 29.4 Å². The molecule has 0 aliphatic carbocycles. The number of hydrogen-bond donors (Lipinski definition) is 1. The maximum absolute atomic E-state index is 11.6. The van der Waals surface area contributed by atoms with E-state index in [0.29, 0.717) is 0 Å². The molecule has 1 aliphatic heterocycles. The Morgan fingerprint density at radius 3 is 2.93 bits per heavy atom. The fourth-order valence-electron chi connectivity index (χ4n) is 1.45. The first-order chi connectivity index (χ1) is 6.70. The SMILES string of the molecule is CN1N=Cc2ccccc2[C@@H](N)C1=O. The number of carbonyl (C=O) groups is 1. The van der Waals surface area contributed by atoms with Crippen LogP contribution >= 0.6 is 0 Å². The number of hydrogen-bond acceptors (Lipinski definition) is 3. The number of nitrogens with zero attached hydrogens (tertiary/aromatic N) is 2. The molecule has 0 spiro atoms. The van der Waals surface area contributed by atoms with E-state index >= 15 is 0 Å². The van der Waals surface area contributed by atoms with Gasteiger partial charge in [-0.3, -0.25) is 4.79 Å². The molecule has 4 nitrogen and oxygen atoms in total. The van der Waals surface area contributed by atoms with Crippen molar-refractivity contribution in [2.75, 3.05) is 7.05 Å². The lowest BCUT2D eigenvalue weighted by atomic mass is 10.0. The summed E-state index contributed by atoms with van der Waals surface area (Å²) in [5.74, 6) is -0.189. The molecule has 0 unspecified atom stereocenters. The lowest BCUT2D eigenvalue weighted by Crippen LogP contribution is -2.31. The summed E-state index contributed by atoms with van der Waals surface area (Å²) in [6.45, 7) is 0. The molecule has 1 atom stereocenters. The van der Waals surface area contributed by atoms with Crippen molar-refractivity contribution in [3.63, 3.8) is 0 Å². The van der Waals surface area contributed by atoms with Crippen LogP contribution < -0.4 is 5.73 Å². The third kappa shape index (κ3) is 1.29. The van der Waals surface area contributed by atoms with Gasteiger partial charge in [-0.15, -0.1) is 0 Å². The van der Waals surface area contributed by atoms with Crippen LogP contribution in [-0.4, -0.2) is 24.2 Å². The zero-order valence-corrected chi connectivity index (χ0v) is 7.84. The van der Waals surface area contributed by atoms with Gasteiger partial charge in [-0.2, -0.15) is 5.10 Å². The predicted molar refractivity (Wildman–Crippen MR) is 53.7 cm³/mol. The van der Waals surface area contributed by atoms with Crippen LogP contribution in [0.25, 0.3) is 0 Å². The van der Waals surface area contributed by atoms with Gasteiger partial charge >= 0.3 is 0 Å². The van der Waals surface area contributed by atoms with E-state index in [1.807, 2.05) is 24.3 Å². The molecule has 4 heteroatoms. The molecule has 1 aromatic carbocycles.